The van der Waals surface area contributed by atoms with Gasteiger partial charge in [-0.1, -0.05) is 0 Å². The Morgan fingerprint density at radius 1 is 1.12 bits per heavy atom. The zero-order valence-corrected chi connectivity index (χ0v) is 11.4. The van der Waals surface area contributed by atoms with E-state index in [1.807, 2.05) is 0 Å². The van der Waals surface area contributed by atoms with Crippen LogP contribution in [0, 0.1) is 0 Å². The first kappa shape index (κ1) is 11.9. The molecule has 0 spiro atoms. The number of piperidine rings is 1. The van der Waals surface area contributed by atoms with Crippen molar-refractivity contribution in [1.82, 2.24) is 15.1 Å². The normalized spacial score (nSPS) is 43.4. The van der Waals surface area contributed by atoms with Gasteiger partial charge in [-0.25, -0.2) is 0 Å². The molecule has 3 aliphatic rings. The molecule has 3 rings (SSSR count). The molecule has 3 heterocycles. The Hall–Kier alpha value is -0.120. The van der Waals surface area contributed by atoms with Crippen LogP contribution in [-0.4, -0.2) is 61.2 Å². The maximum Gasteiger partial charge on any atom is 0.0220 e. The summed E-state index contributed by atoms with van der Waals surface area (Å²) < 4.78 is 0. The maximum absolute atomic E-state index is 3.49. The van der Waals surface area contributed by atoms with Gasteiger partial charge < -0.3 is 10.2 Å². The van der Waals surface area contributed by atoms with Crippen LogP contribution in [0.1, 0.15) is 38.5 Å². The van der Waals surface area contributed by atoms with Gasteiger partial charge in [0.15, 0.2) is 0 Å². The number of nitrogens with zero attached hydrogens (tertiary/aromatic N) is 2. The maximum atomic E-state index is 3.49. The minimum Gasteiger partial charge on any atom is -0.317 e. The molecule has 3 aliphatic heterocycles. The molecule has 3 fully saturated rings. The molecule has 98 valence electrons. The largest absolute Gasteiger partial charge is 0.317 e. The van der Waals surface area contributed by atoms with E-state index in [1.54, 1.807) is 0 Å². The molecule has 0 radical (unpaired) electrons. The van der Waals surface area contributed by atoms with Gasteiger partial charge >= 0.3 is 0 Å². The average Bonchev–Trinajstić information content (AvgIpc) is 2.82. The van der Waals surface area contributed by atoms with Crippen molar-refractivity contribution in [1.29, 1.82) is 0 Å². The minimum absolute atomic E-state index is 0.782. The lowest BCUT2D eigenvalue weighted by Gasteiger charge is -2.41. The first-order chi connectivity index (χ1) is 8.28. The Kier molecular flexibility index (Phi) is 3.42. The van der Waals surface area contributed by atoms with Crippen LogP contribution >= 0.6 is 0 Å². The van der Waals surface area contributed by atoms with Gasteiger partial charge in [0, 0.05) is 30.7 Å². The van der Waals surface area contributed by atoms with E-state index in [9.17, 15) is 0 Å². The van der Waals surface area contributed by atoms with Crippen LogP contribution in [0.5, 0.6) is 0 Å². The van der Waals surface area contributed by atoms with Crippen LogP contribution in [-0.2, 0) is 0 Å². The number of hydrogen-bond donors (Lipinski definition) is 1. The van der Waals surface area contributed by atoms with Gasteiger partial charge in [0.05, 0.1) is 0 Å². The lowest BCUT2D eigenvalue weighted by atomic mass is 9.96. The topological polar surface area (TPSA) is 18.5 Å². The highest BCUT2D eigenvalue weighted by Crippen LogP contribution is 2.36. The lowest BCUT2D eigenvalue weighted by Crippen LogP contribution is -2.51. The van der Waals surface area contributed by atoms with Crippen LogP contribution in [0.2, 0.25) is 0 Å². The molecule has 0 aromatic carbocycles. The van der Waals surface area contributed by atoms with Crippen LogP contribution in [0.4, 0.5) is 0 Å². The number of rotatable bonds is 3. The summed E-state index contributed by atoms with van der Waals surface area (Å²) in [6, 6.07) is 3.37. The van der Waals surface area contributed by atoms with Gasteiger partial charge in [-0.05, 0) is 59.2 Å². The summed E-state index contributed by atoms with van der Waals surface area (Å²) in [5, 5.41) is 3.49. The summed E-state index contributed by atoms with van der Waals surface area (Å²) >= 11 is 0. The van der Waals surface area contributed by atoms with Gasteiger partial charge in [0.1, 0.15) is 0 Å². The Labute approximate surface area is 106 Å². The average molecular weight is 237 g/mol. The molecule has 17 heavy (non-hydrogen) atoms. The van der Waals surface area contributed by atoms with E-state index >= 15 is 0 Å². The molecule has 0 amide bonds. The van der Waals surface area contributed by atoms with E-state index in [0.717, 1.165) is 24.2 Å². The molecule has 0 aromatic rings. The third-order valence-corrected chi connectivity index (χ3v) is 5.39. The first-order valence-corrected chi connectivity index (χ1v) is 7.41. The van der Waals surface area contributed by atoms with Gasteiger partial charge in [-0.15, -0.1) is 0 Å². The molecule has 3 nitrogen and oxygen atoms in total. The van der Waals surface area contributed by atoms with E-state index in [0.29, 0.717) is 0 Å². The van der Waals surface area contributed by atoms with Crippen molar-refractivity contribution in [2.24, 2.45) is 0 Å². The summed E-state index contributed by atoms with van der Waals surface area (Å²) in [5.41, 5.74) is 0. The van der Waals surface area contributed by atoms with Gasteiger partial charge in [-0.3, -0.25) is 4.90 Å². The quantitative estimate of drug-likeness (QED) is 0.798. The SMILES string of the molecule is CNC1CC2CCC(C1)N2CC1CCCN1C. The summed E-state index contributed by atoms with van der Waals surface area (Å²) in [6.45, 7) is 2.65. The second-order valence-electron chi connectivity index (χ2n) is 6.32. The molecule has 3 heteroatoms. The molecule has 0 aromatic heterocycles. The molecular weight excluding hydrogens is 210 g/mol. The van der Waals surface area contributed by atoms with Crippen LogP contribution < -0.4 is 5.32 Å². The zero-order valence-electron chi connectivity index (χ0n) is 11.4. The van der Waals surface area contributed by atoms with Crippen molar-refractivity contribution >= 4 is 0 Å². The Morgan fingerprint density at radius 2 is 1.82 bits per heavy atom. The Balaban J connectivity index is 1.61. The number of hydrogen-bond acceptors (Lipinski definition) is 3. The molecule has 1 N–H and O–H groups in total. The molecule has 0 saturated carbocycles. The predicted octanol–water partition coefficient (Wildman–Crippen LogP) is 1.30. The number of likely N-dealkylation sites (N-methyl/N-ethyl adjacent to an activating group) is 1. The Morgan fingerprint density at radius 3 is 2.35 bits per heavy atom. The number of fused-ring (bicyclic) bond motifs is 2. The van der Waals surface area contributed by atoms with Crippen molar-refractivity contribution < 1.29 is 0 Å². The third kappa shape index (κ3) is 2.25. The lowest BCUT2D eigenvalue weighted by molar-refractivity contribution is 0.0906. The van der Waals surface area contributed by atoms with Crippen molar-refractivity contribution in [3.8, 4) is 0 Å². The summed E-state index contributed by atoms with van der Waals surface area (Å²) in [5.74, 6) is 0. The molecule has 2 bridgehead atoms. The van der Waals surface area contributed by atoms with Crippen LogP contribution in [0.3, 0.4) is 0 Å². The summed E-state index contributed by atoms with van der Waals surface area (Å²) in [6.07, 6.45) is 8.47. The van der Waals surface area contributed by atoms with E-state index in [2.05, 4.69) is 29.2 Å². The van der Waals surface area contributed by atoms with Crippen molar-refractivity contribution in [2.75, 3.05) is 27.2 Å². The van der Waals surface area contributed by atoms with E-state index < -0.39 is 0 Å². The van der Waals surface area contributed by atoms with Gasteiger partial charge in [0.2, 0.25) is 0 Å². The highest BCUT2D eigenvalue weighted by molar-refractivity contribution is 4.98. The summed E-state index contributed by atoms with van der Waals surface area (Å²) in [7, 11) is 4.43. The standard InChI is InChI=1S/C14H27N3/c1-15-11-8-12-5-6-13(9-11)17(12)10-14-4-3-7-16(14)2/h11-15H,3-10H2,1-2H3. The molecule has 0 aliphatic carbocycles. The van der Waals surface area contributed by atoms with Crippen LogP contribution in [0.25, 0.3) is 0 Å². The molecule has 3 unspecified atom stereocenters. The molecule has 3 saturated heterocycles. The smallest absolute Gasteiger partial charge is 0.0220 e. The van der Waals surface area contributed by atoms with E-state index in [4.69, 9.17) is 0 Å². The number of likely N-dealkylation sites (tertiary alicyclic amines) is 1. The van der Waals surface area contributed by atoms with Gasteiger partial charge in [-0.2, -0.15) is 0 Å². The fraction of sp³-hybridized carbons (Fsp3) is 1.00. The second-order valence-corrected chi connectivity index (χ2v) is 6.32. The van der Waals surface area contributed by atoms with E-state index in [-0.39, 0.29) is 0 Å². The fourth-order valence-corrected chi connectivity index (χ4v) is 4.26. The second kappa shape index (κ2) is 4.87. The monoisotopic (exact) mass is 237 g/mol. The summed E-state index contributed by atoms with van der Waals surface area (Å²) in [4.78, 5) is 5.42. The number of nitrogens with one attached hydrogen (secondary N) is 1. The predicted molar refractivity (Wildman–Crippen MR) is 71.2 cm³/mol. The zero-order chi connectivity index (χ0) is 11.8. The van der Waals surface area contributed by atoms with E-state index in [1.165, 1.54) is 51.6 Å². The minimum atomic E-state index is 0.782. The fourth-order valence-electron chi connectivity index (χ4n) is 4.26. The van der Waals surface area contributed by atoms with Crippen LogP contribution in [0.15, 0.2) is 0 Å². The Bertz CT molecular complexity index is 254. The van der Waals surface area contributed by atoms with Crippen molar-refractivity contribution in [3.63, 3.8) is 0 Å². The van der Waals surface area contributed by atoms with Gasteiger partial charge in [0.25, 0.3) is 0 Å². The highest BCUT2D eigenvalue weighted by atomic mass is 15.3. The highest BCUT2D eigenvalue weighted by Gasteiger charge is 2.41. The third-order valence-electron chi connectivity index (χ3n) is 5.39. The van der Waals surface area contributed by atoms with Crippen molar-refractivity contribution in [3.05, 3.63) is 0 Å². The molecular formula is C14H27N3. The first-order valence-electron chi connectivity index (χ1n) is 7.41. The molecule has 3 atom stereocenters. The van der Waals surface area contributed by atoms with Crippen molar-refractivity contribution in [2.45, 2.75) is 62.7 Å².